The SMILES string of the molecule is [2H]C1=C(c2nc(C3CC(C)(C)OC(C)(CO)C3)ccc2CC(=O)c2ncc(C#N)[nH]2)C([2H])([2H])CC(C)(C)C1[2H].[2H]C1=C(c2nc(C3CC(C)(C)OC(C)(CO)C3)ccc2CC(=O)c2ncc(C)[nH]2)C([2H])([2H])C([2H])C(C)(C)C1. The highest BCUT2D eigenvalue weighted by molar-refractivity contribution is 5.95. The molecule has 13 heteroatoms. The zero-order valence-electron chi connectivity index (χ0n) is 50.1. The molecule has 4 aromatic rings. The highest BCUT2D eigenvalue weighted by atomic mass is 16.5. The van der Waals surface area contributed by atoms with E-state index in [1.807, 2.05) is 66.7 Å². The topological polar surface area (TPSA) is 200 Å². The molecule has 0 saturated carbocycles. The van der Waals surface area contributed by atoms with Gasteiger partial charge in [-0.3, -0.25) is 19.6 Å². The molecule has 6 unspecified atom stereocenters. The van der Waals surface area contributed by atoms with E-state index < -0.39 is 64.6 Å². The second-order valence-electron chi connectivity index (χ2n) is 22.5. The molecular formula is C56H75N7O6. The summed E-state index contributed by atoms with van der Waals surface area (Å²) >= 11 is 0. The van der Waals surface area contributed by atoms with Crippen molar-refractivity contribution in [2.75, 3.05) is 13.2 Å². The molecule has 4 aliphatic rings. The lowest BCUT2D eigenvalue weighted by atomic mass is 9.76. The average molecular weight is 950 g/mol. The van der Waals surface area contributed by atoms with Crippen molar-refractivity contribution in [2.24, 2.45) is 10.8 Å². The molecule has 0 amide bonds. The molecule has 2 aliphatic heterocycles. The lowest BCUT2D eigenvalue weighted by Gasteiger charge is -2.46. The predicted octanol–water partition coefficient (Wildman–Crippen LogP) is 10.7. The summed E-state index contributed by atoms with van der Waals surface area (Å²) in [5, 5.41) is 29.2. The maximum Gasteiger partial charge on any atom is 0.202 e. The van der Waals surface area contributed by atoms with Gasteiger partial charge in [0.2, 0.25) is 11.6 Å². The molecule has 0 spiro atoms. The number of aryl methyl sites for hydroxylation is 1. The van der Waals surface area contributed by atoms with Crippen molar-refractivity contribution in [1.82, 2.24) is 29.9 Å². The molecule has 69 heavy (non-hydrogen) atoms. The molecule has 2 saturated heterocycles. The fourth-order valence-electron chi connectivity index (χ4n) is 9.93. The van der Waals surface area contributed by atoms with E-state index in [9.17, 15) is 19.8 Å². The largest absolute Gasteiger partial charge is 0.393 e. The molecule has 370 valence electrons. The average Bonchev–Trinajstić information content (AvgIpc) is 4.00. The number of hydrogen-bond donors (Lipinski definition) is 4. The van der Waals surface area contributed by atoms with Crippen LogP contribution < -0.4 is 0 Å². The van der Waals surface area contributed by atoms with Gasteiger partial charge >= 0.3 is 0 Å². The number of ketones is 2. The van der Waals surface area contributed by atoms with Gasteiger partial charge < -0.3 is 29.7 Å². The molecule has 6 heterocycles. The quantitative estimate of drug-likeness (QED) is 0.0985. The third-order valence-corrected chi connectivity index (χ3v) is 13.1. The first-order valence-electron chi connectivity index (χ1n) is 28.1. The van der Waals surface area contributed by atoms with Crippen LogP contribution >= 0.6 is 0 Å². The zero-order valence-corrected chi connectivity index (χ0v) is 42.1. The van der Waals surface area contributed by atoms with Crippen molar-refractivity contribution in [1.29, 1.82) is 5.26 Å². The second-order valence-corrected chi connectivity index (χ2v) is 22.5. The number of hydrogen-bond acceptors (Lipinski definition) is 11. The monoisotopic (exact) mass is 950 g/mol. The number of H-pyrrole nitrogens is 2. The molecule has 0 aromatic carbocycles. The van der Waals surface area contributed by atoms with Crippen LogP contribution in [0.25, 0.3) is 11.1 Å². The van der Waals surface area contributed by atoms with Crippen LogP contribution in [0.5, 0.6) is 0 Å². The number of aliphatic hydroxyl groups is 2. The Morgan fingerprint density at radius 2 is 1.25 bits per heavy atom. The molecule has 4 N–H and O–H groups in total. The fourth-order valence-corrected chi connectivity index (χ4v) is 9.93. The van der Waals surface area contributed by atoms with Crippen LogP contribution in [0.2, 0.25) is 0 Å². The van der Waals surface area contributed by atoms with E-state index in [0.717, 1.165) is 5.69 Å². The van der Waals surface area contributed by atoms with Gasteiger partial charge in [0.05, 0.1) is 55.9 Å². The maximum atomic E-state index is 13.1. The Balaban J connectivity index is 0.000000224. The molecule has 6 atom stereocenters. The number of rotatable bonds is 12. The number of ether oxygens (including phenoxy) is 2. The van der Waals surface area contributed by atoms with Crippen molar-refractivity contribution in [3.63, 3.8) is 0 Å². The van der Waals surface area contributed by atoms with Gasteiger partial charge in [-0.15, -0.1) is 0 Å². The van der Waals surface area contributed by atoms with Crippen molar-refractivity contribution >= 4 is 22.7 Å². The number of allylic oxidation sites excluding steroid dienone is 4. The standard InChI is InChI=1S/C28H36N4O3.C28H39N3O3/c1-26(2)10-8-18(9-11-26)24-19(12-23(34)25-30-16-21(15-29)31-25)6-7-22(32-24)20-13-27(3,4)35-28(5,14-20)17-33;1-18-16-29-25(30-18)23(33)13-20-7-8-22(21-14-27(4,5)34-28(6,15-21)17-32)31-24(20)19-9-11-26(2,3)12-10-19/h6-8,16,20,33H,9-14,17H2,1-5H3,(H,30,31);7-9,16,21,32H,10-15,17H2,1-6H3,(H,29,30)/i8D,9D2,10D;9D,10D2,12D. The van der Waals surface area contributed by atoms with Gasteiger partial charge in [0.1, 0.15) is 11.8 Å². The number of nitrogens with zero attached hydrogens (tertiary/aromatic N) is 5. The highest BCUT2D eigenvalue weighted by Crippen LogP contribution is 2.46. The van der Waals surface area contributed by atoms with Crippen molar-refractivity contribution in [2.45, 2.75) is 187 Å². The third-order valence-electron chi connectivity index (χ3n) is 13.1. The highest BCUT2D eigenvalue weighted by Gasteiger charge is 2.44. The molecular weight excluding hydrogens is 867 g/mol. The molecule has 2 fully saturated rings. The minimum atomic E-state index is -2.14. The number of Topliss-reactive ketones (excluding diaryl/α,β-unsaturated/α-hetero) is 2. The maximum absolute atomic E-state index is 13.1. The Bertz CT molecular complexity index is 3030. The van der Waals surface area contributed by atoms with E-state index in [2.05, 4.69) is 19.9 Å². The number of carbonyl (C=O) groups is 2. The number of aromatic amines is 2. The number of aromatic nitrogens is 6. The normalized spacial score (nSPS) is 31.4. The lowest BCUT2D eigenvalue weighted by Crippen LogP contribution is -2.48. The first kappa shape index (κ1) is 41.6. The van der Waals surface area contributed by atoms with Crippen LogP contribution in [-0.4, -0.2) is 87.3 Å². The van der Waals surface area contributed by atoms with Gasteiger partial charge in [0, 0.05) is 56.2 Å². The van der Waals surface area contributed by atoms with E-state index in [-0.39, 0.29) is 108 Å². The van der Waals surface area contributed by atoms with Crippen LogP contribution in [0.15, 0.2) is 48.8 Å². The first-order valence-corrected chi connectivity index (χ1v) is 23.9. The Hall–Kier alpha value is -5.13. The van der Waals surface area contributed by atoms with Gasteiger partial charge in [0.25, 0.3) is 0 Å². The summed E-state index contributed by atoms with van der Waals surface area (Å²) < 4.78 is 83.1. The van der Waals surface area contributed by atoms with Gasteiger partial charge in [-0.2, -0.15) is 5.26 Å². The van der Waals surface area contributed by atoms with E-state index in [1.165, 1.54) is 6.20 Å². The zero-order chi connectivity index (χ0) is 57.2. The first-order chi connectivity index (χ1) is 35.5. The number of nitriles is 1. The second kappa shape index (κ2) is 19.9. The summed E-state index contributed by atoms with van der Waals surface area (Å²) in [6.07, 6.45) is -1.00. The molecule has 8 rings (SSSR count). The number of pyridine rings is 2. The fraction of sp³-hybridized carbons (Fsp3) is 0.589. The Morgan fingerprint density at radius 1 is 0.739 bits per heavy atom. The van der Waals surface area contributed by atoms with Gasteiger partial charge in [0.15, 0.2) is 11.6 Å². The van der Waals surface area contributed by atoms with Crippen LogP contribution in [0.4, 0.5) is 0 Å². The Kier molecular flexibility index (Phi) is 12.0. The Labute approximate surface area is 420 Å². The molecule has 0 radical (unpaired) electrons. The van der Waals surface area contributed by atoms with Crippen molar-refractivity contribution in [3.05, 3.63) is 106 Å². The lowest BCUT2D eigenvalue weighted by molar-refractivity contribution is -0.187. The number of imidazole rings is 2. The van der Waals surface area contributed by atoms with E-state index in [0.29, 0.717) is 48.2 Å². The summed E-state index contributed by atoms with van der Waals surface area (Å²) in [5.41, 5.74) is -0.312. The van der Waals surface area contributed by atoms with Crippen LogP contribution in [-0.2, 0) is 22.3 Å². The Morgan fingerprint density at radius 3 is 1.72 bits per heavy atom. The van der Waals surface area contributed by atoms with E-state index in [4.69, 9.17) is 35.7 Å². The summed E-state index contributed by atoms with van der Waals surface area (Å²) in [4.78, 5) is 49.8. The van der Waals surface area contributed by atoms with Gasteiger partial charge in [-0.1, -0.05) is 51.9 Å². The van der Waals surface area contributed by atoms with Crippen LogP contribution in [0.3, 0.4) is 0 Å². The molecule has 2 aliphatic carbocycles. The molecule has 4 aromatic heterocycles. The summed E-state index contributed by atoms with van der Waals surface area (Å²) in [7, 11) is 0. The minimum Gasteiger partial charge on any atom is -0.393 e. The predicted molar refractivity (Wildman–Crippen MR) is 268 cm³/mol. The van der Waals surface area contributed by atoms with E-state index in [1.54, 1.807) is 46.0 Å². The molecule has 13 nitrogen and oxygen atoms in total. The summed E-state index contributed by atoms with van der Waals surface area (Å²) in [5.74, 6) is -0.644. The van der Waals surface area contributed by atoms with Crippen LogP contribution in [0.1, 0.15) is 223 Å². The van der Waals surface area contributed by atoms with Crippen molar-refractivity contribution in [3.8, 4) is 6.07 Å². The van der Waals surface area contributed by atoms with Crippen LogP contribution in [0, 0.1) is 29.1 Å². The summed E-state index contributed by atoms with van der Waals surface area (Å²) in [6, 6.07) is 9.05. The van der Waals surface area contributed by atoms with Crippen molar-refractivity contribution < 1.29 is 40.2 Å². The van der Waals surface area contributed by atoms with E-state index >= 15 is 0 Å². The minimum absolute atomic E-state index is 0.0118. The number of aliphatic hydroxyl groups excluding tert-OH is 2. The smallest absolute Gasteiger partial charge is 0.202 e. The number of nitrogens with one attached hydrogen (secondary N) is 2. The summed E-state index contributed by atoms with van der Waals surface area (Å²) in [6.45, 7) is 20.3. The third kappa shape index (κ3) is 12.8. The van der Waals surface area contributed by atoms with Gasteiger partial charge in [-0.05, 0) is 158 Å². The molecule has 0 bridgehead atoms. The van der Waals surface area contributed by atoms with Gasteiger partial charge in [-0.25, -0.2) is 9.97 Å². The number of carbonyl (C=O) groups excluding carboxylic acids is 2.